The predicted molar refractivity (Wildman–Crippen MR) is 73.6 cm³/mol. The van der Waals surface area contributed by atoms with Crippen LogP contribution in [0.15, 0.2) is 42.5 Å². The second-order valence-electron chi connectivity index (χ2n) is 4.70. The first-order chi connectivity index (χ1) is 10.4. The van der Waals surface area contributed by atoms with E-state index in [2.05, 4.69) is 0 Å². The molecule has 0 amide bonds. The number of nitro groups is 1. The molecule has 5 nitrogen and oxygen atoms in total. The number of benzene rings is 2. The molecular formula is C15H11F2NO4. The maximum Gasteiger partial charge on any atom is 0.304 e. The van der Waals surface area contributed by atoms with E-state index in [0.717, 1.165) is 12.1 Å². The molecule has 2 aromatic rings. The average Bonchev–Trinajstić information content (AvgIpc) is 2.43. The third-order valence-corrected chi connectivity index (χ3v) is 3.17. The van der Waals surface area contributed by atoms with E-state index in [9.17, 15) is 23.7 Å². The molecule has 1 N–H and O–H groups in total. The molecular weight excluding hydrogens is 296 g/mol. The van der Waals surface area contributed by atoms with Crippen molar-refractivity contribution in [2.45, 2.75) is 12.3 Å². The van der Waals surface area contributed by atoms with Gasteiger partial charge in [0.25, 0.3) is 5.69 Å². The molecule has 0 radical (unpaired) electrons. The third-order valence-electron chi connectivity index (χ3n) is 3.17. The van der Waals surface area contributed by atoms with Gasteiger partial charge in [-0.25, -0.2) is 8.78 Å². The second kappa shape index (κ2) is 6.30. The van der Waals surface area contributed by atoms with Crippen molar-refractivity contribution in [2.75, 3.05) is 0 Å². The van der Waals surface area contributed by atoms with E-state index in [1.165, 1.54) is 24.3 Å². The van der Waals surface area contributed by atoms with Gasteiger partial charge in [-0.2, -0.15) is 0 Å². The van der Waals surface area contributed by atoms with Gasteiger partial charge in [0.15, 0.2) is 0 Å². The number of hydrogen-bond donors (Lipinski definition) is 1. The number of carbonyl (C=O) groups is 1. The standard InChI is InChI=1S/C15H11F2NO4/c16-11-5-10(6-12(17)7-11)14(8-15(19)20)9-1-3-13(4-2-9)18(21)22/h1-7,14H,8H2,(H,19,20)/t14-/m1/s1. The zero-order chi connectivity index (χ0) is 16.3. The number of carboxylic acids is 1. The molecule has 0 saturated carbocycles. The molecule has 0 aliphatic carbocycles. The second-order valence-corrected chi connectivity index (χ2v) is 4.70. The SMILES string of the molecule is O=C(O)C[C@H](c1ccc([N+](=O)[O-])cc1)c1cc(F)cc(F)c1. The molecule has 0 fully saturated rings. The molecule has 2 aromatic carbocycles. The van der Waals surface area contributed by atoms with Gasteiger partial charge in [0.1, 0.15) is 11.6 Å². The summed E-state index contributed by atoms with van der Waals surface area (Å²) in [5.74, 6) is -3.57. The zero-order valence-corrected chi connectivity index (χ0v) is 11.2. The summed E-state index contributed by atoms with van der Waals surface area (Å²) in [6.45, 7) is 0. The van der Waals surface area contributed by atoms with Gasteiger partial charge >= 0.3 is 5.97 Å². The Hall–Kier alpha value is -2.83. The highest BCUT2D eigenvalue weighted by atomic mass is 19.1. The molecule has 0 aromatic heterocycles. The van der Waals surface area contributed by atoms with Crippen LogP contribution < -0.4 is 0 Å². The first-order valence-corrected chi connectivity index (χ1v) is 6.29. The summed E-state index contributed by atoms with van der Waals surface area (Å²) in [5, 5.41) is 19.6. The van der Waals surface area contributed by atoms with Gasteiger partial charge in [-0.15, -0.1) is 0 Å². The number of carboxylic acid groups (broad SMARTS) is 1. The highest BCUT2D eigenvalue weighted by Gasteiger charge is 2.20. The molecule has 1 atom stereocenters. The molecule has 0 bridgehead atoms. The molecule has 0 aliphatic rings. The lowest BCUT2D eigenvalue weighted by Gasteiger charge is -2.16. The lowest BCUT2D eigenvalue weighted by atomic mass is 9.88. The highest BCUT2D eigenvalue weighted by Crippen LogP contribution is 2.30. The third kappa shape index (κ3) is 3.63. The molecule has 114 valence electrons. The highest BCUT2D eigenvalue weighted by molar-refractivity contribution is 5.69. The summed E-state index contributed by atoms with van der Waals surface area (Å²) in [6.07, 6.45) is -0.388. The Morgan fingerprint density at radius 2 is 1.64 bits per heavy atom. The van der Waals surface area contributed by atoms with Crippen molar-refractivity contribution >= 4 is 11.7 Å². The van der Waals surface area contributed by atoms with Gasteiger partial charge in [0, 0.05) is 24.1 Å². The molecule has 2 rings (SSSR count). The van der Waals surface area contributed by atoms with E-state index < -0.39 is 28.4 Å². The fraction of sp³-hybridized carbons (Fsp3) is 0.133. The molecule has 0 spiro atoms. The van der Waals surface area contributed by atoms with Crippen LogP contribution >= 0.6 is 0 Å². The molecule has 0 unspecified atom stereocenters. The Bertz CT molecular complexity index is 696. The zero-order valence-electron chi connectivity index (χ0n) is 11.2. The average molecular weight is 307 g/mol. The Balaban J connectivity index is 2.45. The number of nitrogens with zero attached hydrogens (tertiary/aromatic N) is 1. The number of hydrogen-bond acceptors (Lipinski definition) is 3. The van der Waals surface area contributed by atoms with Crippen molar-refractivity contribution in [3.05, 3.63) is 75.3 Å². The fourth-order valence-electron chi connectivity index (χ4n) is 2.21. The van der Waals surface area contributed by atoms with Crippen LogP contribution in [0.3, 0.4) is 0 Å². The normalized spacial score (nSPS) is 11.9. The Labute approximate surface area is 124 Å². The van der Waals surface area contributed by atoms with Crippen molar-refractivity contribution in [1.29, 1.82) is 0 Å². The lowest BCUT2D eigenvalue weighted by Crippen LogP contribution is -2.09. The largest absolute Gasteiger partial charge is 0.481 e. The summed E-state index contributed by atoms with van der Waals surface area (Å²) in [6, 6.07) is 8.01. The topological polar surface area (TPSA) is 80.4 Å². The van der Waals surface area contributed by atoms with Crippen molar-refractivity contribution in [3.8, 4) is 0 Å². The van der Waals surface area contributed by atoms with Crippen LogP contribution in [0.2, 0.25) is 0 Å². The van der Waals surface area contributed by atoms with Crippen LogP contribution in [0.4, 0.5) is 14.5 Å². The number of nitro benzene ring substituents is 1. The summed E-state index contributed by atoms with van der Waals surface area (Å²) < 4.78 is 26.7. The van der Waals surface area contributed by atoms with E-state index in [4.69, 9.17) is 5.11 Å². The maximum absolute atomic E-state index is 13.3. The van der Waals surface area contributed by atoms with Crippen molar-refractivity contribution in [1.82, 2.24) is 0 Å². The number of rotatable bonds is 5. The van der Waals surface area contributed by atoms with Gasteiger partial charge < -0.3 is 5.11 Å². The van der Waals surface area contributed by atoms with Crippen LogP contribution in [0, 0.1) is 21.7 Å². The Morgan fingerprint density at radius 3 is 2.09 bits per heavy atom. The van der Waals surface area contributed by atoms with E-state index in [1.54, 1.807) is 0 Å². The molecule has 0 heterocycles. The van der Waals surface area contributed by atoms with Gasteiger partial charge in [-0.05, 0) is 23.3 Å². The minimum Gasteiger partial charge on any atom is -0.481 e. The molecule has 7 heteroatoms. The number of non-ortho nitro benzene ring substituents is 1. The van der Waals surface area contributed by atoms with Crippen LogP contribution in [-0.2, 0) is 4.79 Å². The predicted octanol–water partition coefficient (Wildman–Crippen LogP) is 3.48. The van der Waals surface area contributed by atoms with Gasteiger partial charge in [-0.3, -0.25) is 14.9 Å². The Kier molecular flexibility index (Phi) is 4.45. The van der Waals surface area contributed by atoms with Crippen LogP contribution in [-0.4, -0.2) is 16.0 Å². The molecule has 0 saturated heterocycles. The van der Waals surface area contributed by atoms with Crippen molar-refractivity contribution in [3.63, 3.8) is 0 Å². The van der Waals surface area contributed by atoms with Crippen LogP contribution in [0.1, 0.15) is 23.5 Å². The first kappa shape index (κ1) is 15.6. The minimum absolute atomic E-state index is 0.150. The monoisotopic (exact) mass is 307 g/mol. The lowest BCUT2D eigenvalue weighted by molar-refractivity contribution is -0.384. The summed E-state index contributed by atoms with van der Waals surface area (Å²) in [4.78, 5) is 21.1. The molecule has 0 aliphatic heterocycles. The summed E-state index contributed by atoms with van der Waals surface area (Å²) in [7, 11) is 0. The van der Waals surface area contributed by atoms with Gasteiger partial charge in [0.05, 0.1) is 11.3 Å². The summed E-state index contributed by atoms with van der Waals surface area (Å²) in [5.41, 5.74) is 0.440. The minimum atomic E-state index is -1.15. The van der Waals surface area contributed by atoms with E-state index >= 15 is 0 Å². The van der Waals surface area contributed by atoms with Crippen molar-refractivity contribution in [2.24, 2.45) is 0 Å². The first-order valence-electron chi connectivity index (χ1n) is 6.29. The fourth-order valence-corrected chi connectivity index (χ4v) is 2.21. The van der Waals surface area contributed by atoms with E-state index in [1.807, 2.05) is 0 Å². The van der Waals surface area contributed by atoms with Gasteiger partial charge in [0.2, 0.25) is 0 Å². The summed E-state index contributed by atoms with van der Waals surface area (Å²) >= 11 is 0. The molecule has 22 heavy (non-hydrogen) atoms. The number of aliphatic carboxylic acids is 1. The maximum atomic E-state index is 13.3. The van der Waals surface area contributed by atoms with Crippen LogP contribution in [0.25, 0.3) is 0 Å². The van der Waals surface area contributed by atoms with E-state index in [-0.39, 0.29) is 17.7 Å². The van der Waals surface area contributed by atoms with Gasteiger partial charge in [-0.1, -0.05) is 12.1 Å². The van der Waals surface area contributed by atoms with Crippen LogP contribution in [0.5, 0.6) is 0 Å². The van der Waals surface area contributed by atoms with Crippen molar-refractivity contribution < 1.29 is 23.6 Å². The Morgan fingerprint density at radius 1 is 1.09 bits per heavy atom. The number of halogens is 2. The van der Waals surface area contributed by atoms with E-state index in [0.29, 0.717) is 11.6 Å². The quantitative estimate of drug-likeness (QED) is 0.677. The smallest absolute Gasteiger partial charge is 0.304 e.